The van der Waals surface area contributed by atoms with Gasteiger partial charge in [-0.15, -0.1) is 5.10 Å². The Morgan fingerprint density at radius 1 is 1.17 bits per heavy atom. The van der Waals surface area contributed by atoms with Gasteiger partial charge in [0.15, 0.2) is 0 Å². The van der Waals surface area contributed by atoms with E-state index >= 15 is 0 Å². The molecule has 5 nitrogen and oxygen atoms in total. The predicted octanol–water partition coefficient (Wildman–Crippen LogP) is 3.42. The van der Waals surface area contributed by atoms with Crippen molar-refractivity contribution in [3.8, 4) is 0 Å². The Balaban J connectivity index is 1.61. The van der Waals surface area contributed by atoms with Gasteiger partial charge in [0.1, 0.15) is 0 Å². The van der Waals surface area contributed by atoms with Crippen LogP contribution in [0.4, 0.5) is 5.69 Å². The van der Waals surface area contributed by atoms with Crippen LogP contribution < -0.4 is 4.90 Å². The van der Waals surface area contributed by atoms with Crippen molar-refractivity contribution < 1.29 is 4.42 Å². The van der Waals surface area contributed by atoms with E-state index in [9.17, 15) is 0 Å². The van der Waals surface area contributed by atoms with Gasteiger partial charge in [0, 0.05) is 37.8 Å². The normalized spacial score (nSPS) is 16.3. The fraction of sp³-hybridized carbons (Fsp3) is 0.529. The highest BCUT2D eigenvalue weighted by atomic mass is 32.1. The summed E-state index contributed by atoms with van der Waals surface area (Å²) < 4.78 is 7.35. The molecule has 0 radical (unpaired) electrons. The standard InChI is InChI=1S/C17H24N4OS/c1-13(2)16-18-21(17(23)22-16)12-19-8-10-20(11-9-19)15-7-5-4-6-14(15)3/h4-7,13H,8-12H2,1-3H3. The Morgan fingerprint density at radius 2 is 1.87 bits per heavy atom. The number of hydrogen-bond acceptors (Lipinski definition) is 5. The molecule has 0 saturated carbocycles. The molecule has 0 amide bonds. The van der Waals surface area contributed by atoms with Crippen LogP contribution in [0.25, 0.3) is 0 Å². The molecule has 1 aromatic carbocycles. The molecule has 0 spiro atoms. The lowest BCUT2D eigenvalue weighted by Crippen LogP contribution is -2.47. The molecule has 1 saturated heterocycles. The first-order valence-corrected chi connectivity index (χ1v) is 8.56. The molecule has 0 N–H and O–H groups in total. The van der Waals surface area contributed by atoms with Crippen molar-refractivity contribution in [2.75, 3.05) is 31.1 Å². The number of aromatic nitrogens is 2. The van der Waals surface area contributed by atoms with E-state index in [4.69, 9.17) is 16.6 Å². The lowest BCUT2D eigenvalue weighted by molar-refractivity contribution is 0.192. The van der Waals surface area contributed by atoms with Gasteiger partial charge in [-0.05, 0) is 30.8 Å². The van der Waals surface area contributed by atoms with Crippen LogP contribution in [0.3, 0.4) is 0 Å². The number of anilines is 1. The first-order chi connectivity index (χ1) is 11.0. The van der Waals surface area contributed by atoms with Gasteiger partial charge in [-0.25, -0.2) is 4.68 Å². The van der Waals surface area contributed by atoms with Crippen LogP contribution in [0.15, 0.2) is 28.7 Å². The maximum absolute atomic E-state index is 5.55. The summed E-state index contributed by atoms with van der Waals surface area (Å²) in [4.78, 5) is 5.29. The van der Waals surface area contributed by atoms with Gasteiger partial charge >= 0.3 is 0 Å². The third-order valence-electron chi connectivity index (χ3n) is 4.28. The van der Waals surface area contributed by atoms with Crippen molar-refractivity contribution in [3.63, 3.8) is 0 Å². The first kappa shape index (κ1) is 16.2. The number of nitrogens with zero attached hydrogens (tertiary/aromatic N) is 4. The number of rotatable bonds is 4. The quantitative estimate of drug-likeness (QED) is 0.802. The van der Waals surface area contributed by atoms with Crippen LogP contribution in [-0.4, -0.2) is 40.9 Å². The predicted molar refractivity (Wildman–Crippen MR) is 94.4 cm³/mol. The Bertz CT molecular complexity index is 713. The molecule has 1 aromatic heterocycles. The molecule has 1 fully saturated rings. The second-order valence-corrected chi connectivity index (χ2v) is 6.74. The van der Waals surface area contributed by atoms with Crippen LogP contribution in [0.1, 0.15) is 31.2 Å². The summed E-state index contributed by atoms with van der Waals surface area (Å²) in [7, 11) is 0. The van der Waals surface area contributed by atoms with Crippen LogP contribution >= 0.6 is 12.2 Å². The summed E-state index contributed by atoms with van der Waals surface area (Å²) in [6.07, 6.45) is 0. The van der Waals surface area contributed by atoms with Crippen molar-refractivity contribution in [2.45, 2.75) is 33.4 Å². The summed E-state index contributed by atoms with van der Waals surface area (Å²) in [6.45, 7) is 11.0. The third-order valence-corrected chi connectivity index (χ3v) is 4.57. The van der Waals surface area contributed by atoms with E-state index in [0.717, 1.165) is 26.2 Å². The molecule has 23 heavy (non-hydrogen) atoms. The van der Waals surface area contributed by atoms with Crippen molar-refractivity contribution in [1.29, 1.82) is 0 Å². The number of hydrogen-bond donors (Lipinski definition) is 0. The number of aryl methyl sites for hydroxylation is 1. The minimum absolute atomic E-state index is 0.260. The number of para-hydroxylation sites is 1. The maximum Gasteiger partial charge on any atom is 0.288 e. The fourth-order valence-corrected chi connectivity index (χ4v) is 3.07. The average Bonchev–Trinajstić information content (AvgIpc) is 2.90. The van der Waals surface area contributed by atoms with Gasteiger partial charge in [0.2, 0.25) is 5.89 Å². The van der Waals surface area contributed by atoms with E-state index in [-0.39, 0.29) is 5.92 Å². The molecule has 6 heteroatoms. The molecule has 0 bridgehead atoms. The highest BCUT2D eigenvalue weighted by Crippen LogP contribution is 2.21. The van der Waals surface area contributed by atoms with Gasteiger partial charge in [0.25, 0.3) is 4.84 Å². The van der Waals surface area contributed by atoms with Gasteiger partial charge in [-0.3, -0.25) is 4.90 Å². The van der Waals surface area contributed by atoms with Crippen LogP contribution in [0.2, 0.25) is 0 Å². The Kier molecular flexibility index (Phi) is 4.82. The van der Waals surface area contributed by atoms with Crippen molar-refractivity contribution in [3.05, 3.63) is 40.6 Å². The van der Waals surface area contributed by atoms with E-state index in [1.165, 1.54) is 11.3 Å². The highest BCUT2D eigenvalue weighted by molar-refractivity contribution is 7.71. The van der Waals surface area contributed by atoms with E-state index in [1.54, 1.807) is 4.68 Å². The van der Waals surface area contributed by atoms with Crippen LogP contribution in [0.5, 0.6) is 0 Å². The van der Waals surface area contributed by atoms with Crippen LogP contribution in [0, 0.1) is 11.8 Å². The summed E-state index contributed by atoms with van der Waals surface area (Å²) in [6, 6.07) is 8.57. The summed E-state index contributed by atoms with van der Waals surface area (Å²) in [5.41, 5.74) is 2.67. The Morgan fingerprint density at radius 3 is 2.48 bits per heavy atom. The SMILES string of the molecule is Cc1ccccc1N1CCN(Cn2nc(C(C)C)oc2=S)CC1. The van der Waals surface area contributed by atoms with Crippen molar-refractivity contribution in [1.82, 2.24) is 14.7 Å². The smallest absolute Gasteiger partial charge is 0.288 e. The van der Waals surface area contributed by atoms with Gasteiger partial charge in [-0.2, -0.15) is 0 Å². The topological polar surface area (TPSA) is 37.4 Å². The zero-order valence-electron chi connectivity index (χ0n) is 14.0. The molecule has 0 unspecified atom stereocenters. The Hall–Kier alpha value is -1.66. The van der Waals surface area contributed by atoms with E-state index in [0.29, 0.717) is 17.4 Å². The molecule has 3 rings (SSSR count). The minimum atomic E-state index is 0.260. The highest BCUT2D eigenvalue weighted by Gasteiger charge is 2.19. The second-order valence-electron chi connectivity index (χ2n) is 6.39. The molecular weight excluding hydrogens is 308 g/mol. The van der Waals surface area contributed by atoms with Crippen molar-refractivity contribution >= 4 is 17.9 Å². The monoisotopic (exact) mass is 332 g/mol. The summed E-state index contributed by atoms with van der Waals surface area (Å²) >= 11 is 5.27. The molecule has 0 aliphatic carbocycles. The van der Waals surface area contributed by atoms with E-state index in [1.807, 2.05) is 0 Å². The average molecular weight is 332 g/mol. The second kappa shape index (κ2) is 6.84. The largest absolute Gasteiger partial charge is 0.414 e. The minimum Gasteiger partial charge on any atom is -0.414 e. The molecule has 2 aromatic rings. The fourth-order valence-electron chi connectivity index (χ4n) is 2.88. The Labute approximate surface area is 142 Å². The zero-order valence-corrected chi connectivity index (χ0v) is 14.8. The van der Waals surface area contributed by atoms with Crippen molar-refractivity contribution in [2.24, 2.45) is 0 Å². The number of benzene rings is 1. The third kappa shape index (κ3) is 3.64. The first-order valence-electron chi connectivity index (χ1n) is 8.15. The van der Waals surface area contributed by atoms with E-state index < -0.39 is 0 Å². The van der Waals surface area contributed by atoms with Gasteiger partial charge in [-0.1, -0.05) is 32.0 Å². The zero-order chi connectivity index (χ0) is 16.4. The molecule has 1 aliphatic heterocycles. The van der Waals surface area contributed by atoms with E-state index in [2.05, 4.69) is 59.9 Å². The number of piperazine rings is 1. The molecule has 1 aliphatic rings. The summed E-state index contributed by atoms with van der Waals surface area (Å²) in [5, 5.41) is 4.49. The lowest BCUT2D eigenvalue weighted by Gasteiger charge is -2.36. The van der Waals surface area contributed by atoms with Crippen LogP contribution in [-0.2, 0) is 6.67 Å². The maximum atomic E-state index is 5.55. The molecule has 0 atom stereocenters. The van der Waals surface area contributed by atoms with Gasteiger partial charge < -0.3 is 9.32 Å². The lowest BCUT2D eigenvalue weighted by atomic mass is 10.1. The summed E-state index contributed by atoms with van der Waals surface area (Å²) in [5.74, 6) is 0.976. The van der Waals surface area contributed by atoms with Gasteiger partial charge in [0.05, 0.1) is 6.67 Å². The molecule has 2 heterocycles. The molecular formula is C17H24N4OS. The molecule has 124 valence electrons.